The van der Waals surface area contributed by atoms with Crippen LogP contribution >= 0.6 is 0 Å². The maximum absolute atomic E-state index is 12.4. The van der Waals surface area contributed by atoms with Gasteiger partial charge in [-0.1, -0.05) is 0 Å². The number of carbonyl (C=O) groups is 1. The molecule has 1 aliphatic heterocycles. The largest absolute Gasteiger partial charge is 0.497 e. The Labute approximate surface area is 176 Å². The van der Waals surface area contributed by atoms with Crippen molar-refractivity contribution in [2.75, 3.05) is 35.7 Å². The Morgan fingerprint density at radius 1 is 0.967 bits per heavy atom. The highest BCUT2D eigenvalue weighted by Gasteiger charge is 2.15. The van der Waals surface area contributed by atoms with Crippen molar-refractivity contribution < 1.29 is 9.53 Å². The van der Waals surface area contributed by atoms with Crippen molar-refractivity contribution in [2.24, 2.45) is 0 Å². The number of nitrogens with zero attached hydrogens (tertiary/aromatic N) is 3. The maximum Gasteiger partial charge on any atom is 0.255 e. The van der Waals surface area contributed by atoms with Gasteiger partial charge in [0, 0.05) is 41.8 Å². The first-order chi connectivity index (χ1) is 14.6. The van der Waals surface area contributed by atoms with Gasteiger partial charge in [-0.15, -0.1) is 0 Å². The fourth-order valence-corrected chi connectivity index (χ4v) is 3.43. The highest BCUT2D eigenvalue weighted by atomic mass is 16.5. The molecule has 1 aliphatic rings. The van der Waals surface area contributed by atoms with Crippen molar-refractivity contribution in [3.8, 4) is 5.75 Å². The summed E-state index contributed by atoms with van der Waals surface area (Å²) in [5.41, 5.74) is 3.07. The SMILES string of the molecule is COc1ccc(C(=O)Nc2ccc(Nc3nc(C)cc(N4CCCC4)n3)cc2)cc1. The lowest BCUT2D eigenvalue weighted by molar-refractivity contribution is 0.102. The molecule has 0 radical (unpaired) electrons. The minimum atomic E-state index is -0.171. The average Bonchev–Trinajstić information content (AvgIpc) is 3.30. The maximum atomic E-state index is 12.4. The molecule has 1 fully saturated rings. The highest BCUT2D eigenvalue weighted by Crippen LogP contribution is 2.23. The summed E-state index contributed by atoms with van der Waals surface area (Å²) in [6.45, 7) is 4.06. The first-order valence-electron chi connectivity index (χ1n) is 10.0. The van der Waals surface area contributed by atoms with Crippen molar-refractivity contribution in [3.05, 3.63) is 65.9 Å². The van der Waals surface area contributed by atoms with E-state index >= 15 is 0 Å². The Morgan fingerprint density at radius 3 is 2.30 bits per heavy atom. The smallest absolute Gasteiger partial charge is 0.255 e. The average molecular weight is 403 g/mol. The molecule has 0 bridgehead atoms. The van der Waals surface area contributed by atoms with Gasteiger partial charge >= 0.3 is 0 Å². The van der Waals surface area contributed by atoms with Crippen molar-refractivity contribution in [2.45, 2.75) is 19.8 Å². The van der Waals surface area contributed by atoms with Gasteiger partial charge in [0.1, 0.15) is 11.6 Å². The van der Waals surface area contributed by atoms with E-state index in [1.165, 1.54) is 12.8 Å². The molecule has 0 spiro atoms. The lowest BCUT2D eigenvalue weighted by atomic mass is 10.2. The molecular formula is C23H25N5O2. The van der Waals surface area contributed by atoms with E-state index in [9.17, 15) is 4.79 Å². The van der Waals surface area contributed by atoms with Gasteiger partial charge in [0.25, 0.3) is 5.91 Å². The van der Waals surface area contributed by atoms with E-state index < -0.39 is 0 Å². The van der Waals surface area contributed by atoms with Crippen LogP contribution in [0.1, 0.15) is 28.9 Å². The van der Waals surface area contributed by atoms with Gasteiger partial charge in [-0.25, -0.2) is 4.98 Å². The third kappa shape index (κ3) is 4.68. The zero-order valence-corrected chi connectivity index (χ0v) is 17.2. The molecule has 4 rings (SSSR count). The van der Waals surface area contributed by atoms with Crippen LogP contribution in [0, 0.1) is 6.92 Å². The Hall–Kier alpha value is -3.61. The molecule has 3 aromatic rings. The first kappa shape index (κ1) is 19.7. The summed E-state index contributed by atoms with van der Waals surface area (Å²) >= 11 is 0. The third-order valence-electron chi connectivity index (χ3n) is 5.02. The second-order valence-corrected chi connectivity index (χ2v) is 7.27. The lowest BCUT2D eigenvalue weighted by Crippen LogP contribution is -2.19. The molecule has 0 atom stereocenters. The number of anilines is 4. The van der Waals surface area contributed by atoms with Crippen molar-refractivity contribution >= 4 is 29.0 Å². The summed E-state index contributed by atoms with van der Waals surface area (Å²) in [7, 11) is 1.60. The predicted octanol–water partition coefficient (Wildman–Crippen LogP) is 4.39. The third-order valence-corrected chi connectivity index (χ3v) is 5.02. The number of hydrogen-bond acceptors (Lipinski definition) is 6. The summed E-state index contributed by atoms with van der Waals surface area (Å²) in [5, 5.41) is 6.15. The molecule has 1 aromatic heterocycles. The van der Waals surface area contributed by atoms with E-state index in [4.69, 9.17) is 4.74 Å². The summed E-state index contributed by atoms with van der Waals surface area (Å²) in [5.74, 6) is 2.08. The lowest BCUT2D eigenvalue weighted by Gasteiger charge is -2.17. The van der Waals surface area contributed by atoms with Crippen LogP contribution in [0.15, 0.2) is 54.6 Å². The summed E-state index contributed by atoms with van der Waals surface area (Å²) < 4.78 is 5.12. The number of amides is 1. The number of benzene rings is 2. The molecule has 0 aliphatic carbocycles. The summed E-state index contributed by atoms with van der Waals surface area (Å²) in [4.78, 5) is 23.8. The molecule has 1 saturated heterocycles. The number of rotatable bonds is 6. The zero-order valence-electron chi connectivity index (χ0n) is 17.2. The first-order valence-corrected chi connectivity index (χ1v) is 10.0. The van der Waals surface area contributed by atoms with E-state index in [2.05, 4.69) is 25.5 Å². The van der Waals surface area contributed by atoms with Crippen molar-refractivity contribution in [1.82, 2.24) is 9.97 Å². The number of carbonyl (C=O) groups excluding carboxylic acids is 1. The van der Waals surface area contributed by atoms with E-state index in [-0.39, 0.29) is 5.91 Å². The fourth-order valence-electron chi connectivity index (χ4n) is 3.43. The summed E-state index contributed by atoms with van der Waals surface area (Å²) in [6, 6.07) is 16.5. The molecule has 154 valence electrons. The van der Waals surface area contributed by atoms with Gasteiger partial charge in [-0.2, -0.15) is 4.98 Å². The van der Waals surface area contributed by atoms with Crippen LogP contribution < -0.4 is 20.3 Å². The molecule has 0 saturated carbocycles. The number of aryl methyl sites for hydroxylation is 1. The van der Waals surface area contributed by atoms with E-state index in [1.807, 2.05) is 37.3 Å². The standard InChI is InChI=1S/C23H25N5O2/c1-16-15-21(28-13-3-4-14-28)27-23(24-16)26-19-9-7-18(8-10-19)25-22(29)17-5-11-20(30-2)12-6-17/h5-12,15H,3-4,13-14H2,1-2H3,(H,25,29)(H,24,26,27). The van der Waals surface area contributed by atoms with Crippen LogP contribution in [0.3, 0.4) is 0 Å². The van der Waals surface area contributed by atoms with E-state index in [1.54, 1.807) is 31.4 Å². The normalized spacial score (nSPS) is 13.2. The number of ether oxygens (including phenoxy) is 1. The number of hydrogen-bond donors (Lipinski definition) is 2. The zero-order chi connectivity index (χ0) is 20.9. The molecule has 1 amide bonds. The Kier molecular flexibility index (Phi) is 5.79. The molecule has 2 aromatic carbocycles. The number of aromatic nitrogens is 2. The molecule has 30 heavy (non-hydrogen) atoms. The van der Waals surface area contributed by atoms with Gasteiger partial charge < -0.3 is 20.3 Å². The number of methoxy groups -OCH3 is 1. The van der Waals surface area contributed by atoms with Crippen LogP contribution in [0.5, 0.6) is 5.75 Å². The Balaban J connectivity index is 1.41. The molecule has 0 unspecified atom stereocenters. The molecule has 7 heteroatoms. The monoisotopic (exact) mass is 403 g/mol. The Bertz CT molecular complexity index is 1010. The molecular weight excluding hydrogens is 378 g/mol. The van der Waals surface area contributed by atoms with Crippen LogP contribution in [-0.4, -0.2) is 36.1 Å². The minimum Gasteiger partial charge on any atom is -0.497 e. The van der Waals surface area contributed by atoms with Crippen LogP contribution in [0.2, 0.25) is 0 Å². The van der Waals surface area contributed by atoms with Gasteiger partial charge in [-0.05, 0) is 68.3 Å². The van der Waals surface area contributed by atoms with E-state index in [0.29, 0.717) is 22.9 Å². The minimum absolute atomic E-state index is 0.171. The van der Waals surface area contributed by atoms with Gasteiger partial charge in [-0.3, -0.25) is 4.79 Å². The number of nitrogens with one attached hydrogen (secondary N) is 2. The topological polar surface area (TPSA) is 79.4 Å². The second-order valence-electron chi connectivity index (χ2n) is 7.27. The molecule has 2 heterocycles. The fraction of sp³-hybridized carbons (Fsp3) is 0.261. The predicted molar refractivity (Wildman–Crippen MR) is 119 cm³/mol. The quantitative estimate of drug-likeness (QED) is 0.635. The summed E-state index contributed by atoms with van der Waals surface area (Å²) in [6.07, 6.45) is 2.41. The Morgan fingerprint density at radius 2 is 1.63 bits per heavy atom. The van der Waals surface area contributed by atoms with Gasteiger partial charge in [0.15, 0.2) is 0 Å². The highest BCUT2D eigenvalue weighted by molar-refractivity contribution is 6.04. The molecule has 7 nitrogen and oxygen atoms in total. The van der Waals surface area contributed by atoms with Crippen molar-refractivity contribution in [3.63, 3.8) is 0 Å². The second kappa shape index (κ2) is 8.82. The van der Waals surface area contributed by atoms with Crippen LogP contribution in [-0.2, 0) is 0 Å². The van der Waals surface area contributed by atoms with E-state index in [0.717, 1.165) is 30.3 Å². The van der Waals surface area contributed by atoms with Gasteiger partial charge in [0.2, 0.25) is 5.95 Å². The van der Waals surface area contributed by atoms with Crippen molar-refractivity contribution in [1.29, 1.82) is 0 Å². The van der Waals surface area contributed by atoms with Crippen LogP contribution in [0.4, 0.5) is 23.1 Å². The van der Waals surface area contributed by atoms with Gasteiger partial charge in [0.05, 0.1) is 7.11 Å². The molecule has 2 N–H and O–H groups in total. The van der Waals surface area contributed by atoms with Crippen LogP contribution in [0.25, 0.3) is 0 Å².